The predicted molar refractivity (Wildman–Crippen MR) is 83.2 cm³/mol. The van der Waals surface area contributed by atoms with E-state index in [0.717, 1.165) is 18.4 Å². The van der Waals surface area contributed by atoms with E-state index in [9.17, 15) is 0 Å². The van der Waals surface area contributed by atoms with Crippen molar-refractivity contribution in [1.82, 2.24) is 4.90 Å². The number of nitrogens with zero attached hydrogens (tertiary/aromatic N) is 1. The first-order chi connectivity index (χ1) is 8.88. The van der Waals surface area contributed by atoms with Crippen molar-refractivity contribution in [1.29, 1.82) is 0 Å². The number of nitrogens with two attached hydrogens (primary N) is 1. The summed E-state index contributed by atoms with van der Waals surface area (Å²) in [6.07, 6.45) is 8.16. The average Bonchev–Trinajstić information content (AvgIpc) is 2.37. The van der Waals surface area contributed by atoms with Crippen molar-refractivity contribution in [2.24, 2.45) is 23.0 Å². The van der Waals surface area contributed by atoms with Crippen molar-refractivity contribution in [3.8, 4) is 0 Å². The first-order valence-corrected chi connectivity index (χ1v) is 8.34. The molecule has 19 heavy (non-hydrogen) atoms. The van der Waals surface area contributed by atoms with E-state index < -0.39 is 0 Å². The Morgan fingerprint density at radius 3 is 2.53 bits per heavy atom. The Bertz CT molecular complexity index is 298. The third-order valence-electron chi connectivity index (χ3n) is 5.75. The molecular formula is C17H34N2. The molecule has 2 nitrogen and oxygen atoms in total. The van der Waals surface area contributed by atoms with Crippen molar-refractivity contribution in [2.75, 3.05) is 19.6 Å². The topological polar surface area (TPSA) is 29.3 Å². The maximum atomic E-state index is 6.28. The zero-order valence-corrected chi connectivity index (χ0v) is 13.5. The number of hydrogen-bond donors (Lipinski definition) is 1. The summed E-state index contributed by atoms with van der Waals surface area (Å²) in [6.45, 7) is 13.0. The lowest BCUT2D eigenvalue weighted by molar-refractivity contribution is -0.0219. The van der Waals surface area contributed by atoms with Gasteiger partial charge in [-0.25, -0.2) is 0 Å². The Hall–Kier alpha value is -0.0800. The summed E-state index contributed by atoms with van der Waals surface area (Å²) >= 11 is 0. The maximum Gasteiger partial charge on any atom is 0.0334 e. The Labute approximate surface area is 120 Å². The molecule has 1 heterocycles. The third kappa shape index (κ3) is 3.33. The van der Waals surface area contributed by atoms with Crippen molar-refractivity contribution in [3.05, 3.63) is 0 Å². The second-order valence-corrected chi connectivity index (χ2v) is 8.22. The number of likely N-dealkylation sites (tertiary alicyclic amines) is 1. The number of piperidine rings is 1. The van der Waals surface area contributed by atoms with E-state index in [1.807, 2.05) is 0 Å². The van der Waals surface area contributed by atoms with E-state index in [2.05, 4.69) is 32.6 Å². The smallest absolute Gasteiger partial charge is 0.0334 e. The highest BCUT2D eigenvalue weighted by atomic mass is 15.2. The minimum absolute atomic E-state index is 0.310. The van der Waals surface area contributed by atoms with Crippen molar-refractivity contribution in [2.45, 2.75) is 71.8 Å². The highest BCUT2D eigenvalue weighted by molar-refractivity contribution is 4.99. The van der Waals surface area contributed by atoms with Crippen LogP contribution in [0.1, 0.15) is 66.2 Å². The molecule has 1 saturated carbocycles. The van der Waals surface area contributed by atoms with Gasteiger partial charge in [0.25, 0.3) is 0 Å². The Morgan fingerprint density at radius 2 is 1.95 bits per heavy atom. The average molecular weight is 266 g/mol. The lowest BCUT2D eigenvalue weighted by Gasteiger charge is -2.53. The Morgan fingerprint density at radius 1 is 1.21 bits per heavy atom. The van der Waals surface area contributed by atoms with Gasteiger partial charge in [0, 0.05) is 18.6 Å². The predicted octanol–water partition coefficient (Wildman–Crippen LogP) is 3.65. The van der Waals surface area contributed by atoms with E-state index >= 15 is 0 Å². The molecule has 1 aliphatic heterocycles. The summed E-state index contributed by atoms with van der Waals surface area (Å²) in [7, 11) is 0. The normalized spacial score (nSPS) is 36.6. The van der Waals surface area contributed by atoms with Gasteiger partial charge < -0.3 is 5.73 Å². The molecule has 1 aliphatic carbocycles. The molecule has 0 radical (unpaired) electrons. The van der Waals surface area contributed by atoms with Gasteiger partial charge in [0.15, 0.2) is 0 Å². The van der Waals surface area contributed by atoms with Crippen molar-refractivity contribution < 1.29 is 0 Å². The molecule has 1 saturated heterocycles. The van der Waals surface area contributed by atoms with Gasteiger partial charge in [-0.3, -0.25) is 4.90 Å². The first kappa shape index (κ1) is 15.3. The van der Waals surface area contributed by atoms with Crippen molar-refractivity contribution >= 4 is 0 Å². The van der Waals surface area contributed by atoms with Gasteiger partial charge in [-0.05, 0) is 49.5 Å². The van der Waals surface area contributed by atoms with Crippen LogP contribution in [0.2, 0.25) is 0 Å². The second kappa shape index (κ2) is 5.73. The maximum absolute atomic E-state index is 6.28. The Balaban J connectivity index is 2.12. The van der Waals surface area contributed by atoms with E-state index in [1.165, 1.54) is 51.6 Å². The van der Waals surface area contributed by atoms with Gasteiger partial charge in [-0.1, -0.05) is 40.5 Å². The third-order valence-corrected chi connectivity index (χ3v) is 5.75. The lowest BCUT2D eigenvalue weighted by Crippen LogP contribution is -2.60. The number of hydrogen-bond acceptors (Lipinski definition) is 2. The second-order valence-electron chi connectivity index (χ2n) is 8.22. The largest absolute Gasteiger partial charge is 0.329 e. The minimum atomic E-state index is 0.310. The minimum Gasteiger partial charge on any atom is -0.329 e. The van der Waals surface area contributed by atoms with Gasteiger partial charge in [0.2, 0.25) is 0 Å². The molecule has 0 aromatic heterocycles. The molecule has 0 bridgehead atoms. The molecule has 2 heteroatoms. The lowest BCUT2D eigenvalue weighted by atomic mass is 9.69. The molecule has 112 valence electrons. The fourth-order valence-corrected chi connectivity index (χ4v) is 4.38. The van der Waals surface area contributed by atoms with Crippen LogP contribution in [0, 0.1) is 17.3 Å². The zero-order chi connectivity index (χ0) is 14.1. The van der Waals surface area contributed by atoms with Crippen LogP contribution in [0.15, 0.2) is 0 Å². The van der Waals surface area contributed by atoms with Gasteiger partial charge in [-0.15, -0.1) is 0 Å². The highest BCUT2D eigenvalue weighted by Crippen LogP contribution is 2.42. The summed E-state index contributed by atoms with van der Waals surface area (Å²) in [5.41, 5.74) is 7.07. The van der Waals surface area contributed by atoms with Crippen LogP contribution in [-0.4, -0.2) is 30.1 Å². The molecular weight excluding hydrogens is 232 g/mol. The van der Waals surface area contributed by atoms with Gasteiger partial charge >= 0.3 is 0 Å². The van der Waals surface area contributed by atoms with E-state index in [0.29, 0.717) is 11.0 Å². The van der Waals surface area contributed by atoms with Gasteiger partial charge in [0.05, 0.1) is 0 Å². The molecule has 0 spiro atoms. The van der Waals surface area contributed by atoms with Crippen LogP contribution < -0.4 is 5.73 Å². The molecule has 2 rings (SSSR count). The highest BCUT2D eigenvalue weighted by Gasteiger charge is 2.43. The quantitative estimate of drug-likeness (QED) is 0.845. The van der Waals surface area contributed by atoms with Gasteiger partial charge in [0.1, 0.15) is 0 Å². The Kier molecular flexibility index (Phi) is 4.62. The summed E-state index contributed by atoms with van der Waals surface area (Å²) in [5, 5.41) is 0. The molecule has 2 atom stereocenters. The van der Waals surface area contributed by atoms with Crippen LogP contribution >= 0.6 is 0 Å². The van der Waals surface area contributed by atoms with Crippen LogP contribution in [0.3, 0.4) is 0 Å². The molecule has 2 unspecified atom stereocenters. The summed E-state index contributed by atoms with van der Waals surface area (Å²) in [5.74, 6) is 1.69. The van der Waals surface area contributed by atoms with Crippen molar-refractivity contribution in [3.63, 3.8) is 0 Å². The van der Waals surface area contributed by atoms with Crippen LogP contribution in [0.25, 0.3) is 0 Å². The molecule has 2 fully saturated rings. The fraction of sp³-hybridized carbons (Fsp3) is 1.00. The monoisotopic (exact) mass is 266 g/mol. The molecule has 0 aromatic carbocycles. The number of rotatable bonds is 3. The standard InChI is InChI=1S/C17H34N2/c1-14(2)15-7-5-9-17(11-15,12-18)19-10-6-8-16(3,4)13-19/h14-15H,5-13,18H2,1-4H3. The fourth-order valence-electron chi connectivity index (χ4n) is 4.38. The van der Waals surface area contributed by atoms with Crippen LogP contribution in [0.4, 0.5) is 0 Å². The molecule has 0 amide bonds. The SMILES string of the molecule is CC(C)C1CCCC(CN)(N2CCCC(C)(C)C2)C1. The summed E-state index contributed by atoms with van der Waals surface area (Å²) in [6, 6.07) is 0. The van der Waals surface area contributed by atoms with Crippen LogP contribution in [0.5, 0.6) is 0 Å². The van der Waals surface area contributed by atoms with E-state index in [-0.39, 0.29) is 0 Å². The summed E-state index contributed by atoms with van der Waals surface area (Å²) in [4.78, 5) is 2.77. The van der Waals surface area contributed by atoms with E-state index in [1.54, 1.807) is 0 Å². The van der Waals surface area contributed by atoms with Gasteiger partial charge in [-0.2, -0.15) is 0 Å². The first-order valence-electron chi connectivity index (χ1n) is 8.34. The molecule has 2 N–H and O–H groups in total. The van der Waals surface area contributed by atoms with E-state index in [4.69, 9.17) is 5.73 Å². The zero-order valence-electron chi connectivity index (χ0n) is 13.5. The van der Waals surface area contributed by atoms with Crippen LogP contribution in [-0.2, 0) is 0 Å². The molecule has 0 aromatic rings. The molecule has 2 aliphatic rings. The summed E-state index contributed by atoms with van der Waals surface area (Å²) < 4.78 is 0.